The Morgan fingerprint density at radius 2 is 1.73 bits per heavy atom. The fraction of sp³-hybridized carbons (Fsp3) is 0.222. The summed E-state index contributed by atoms with van der Waals surface area (Å²) < 4.78 is 24.0. The minimum Gasteiger partial charge on any atom is -0.408 e. The molecule has 1 aromatic carbocycles. The van der Waals surface area contributed by atoms with Crippen molar-refractivity contribution in [1.82, 2.24) is 4.98 Å². The molecule has 0 unspecified atom stereocenters. The molecular weight excluding hydrogens is 218 g/mol. The number of hydrogen-bond donors (Lipinski definition) is 1. The normalized spacial score (nSPS) is 10.8. The molecule has 0 saturated carbocycles. The fourth-order valence-electron chi connectivity index (χ4n) is 0.894. The Labute approximate surface area is 86.6 Å². The molecule has 1 N–H and O–H groups in total. The second-order valence-electron chi connectivity index (χ2n) is 3.15. The summed E-state index contributed by atoms with van der Waals surface area (Å²) in [6.07, 6.45) is 2.32. The Balaban J connectivity index is 0.000000195. The number of fused-ring (bicyclic) bond motifs is 1. The van der Waals surface area contributed by atoms with Crippen LogP contribution < -0.4 is 5.76 Å². The topological polar surface area (TPSA) is 80.1 Å². The molecule has 2 aromatic rings. The Hall–Kier alpha value is -1.56. The lowest BCUT2D eigenvalue weighted by molar-refractivity contribution is 0.555. The Kier molecular flexibility index (Phi) is 3.31. The largest absolute Gasteiger partial charge is 0.417 e. The summed E-state index contributed by atoms with van der Waals surface area (Å²) in [4.78, 5) is 13.1. The predicted molar refractivity (Wildman–Crippen MR) is 57.6 cm³/mol. The molecule has 1 heterocycles. The second kappa shape index (κ2) is 4.31. The SMILES string of the molecule is CS(C)(=O)=O.O=c1[nH]c2ccccc2o1. The number of rotatable bonds is 0. The van der Waals surface area contributed by atoms with Crippen molar-refractivity contribution < 1.29 is 12.8 Å². The van der Waals surface area contributed by atoms with Crippen LogP contribution in [0.2, 0.25) is 0 Å². The third kappa shape index (κ3) is 4.46. The molecule has 5 nitrogen and oxygen atoms in total. The van der Waals surface area contributed by atoms with Crippen LogP contribution in [-0.4, -0.2) is 25.9 Å². The van der Waals surface area contributed by atoms with Crippen LogP contribution in [0.4, 0.5) is 0 Å². The molecule has 0 atom stereocenters. The third-order valence-corrected chi connectivity index (χ3v) is 1.33. The van der Waals surface area contributed by atoms with Crippen LogP contribution in [-0.2, 0) is 9.84 Å². The van der Waals surface area contributed by atoms with E-state index in [2.05, 4.69) is 4.98 Å². The van der Waals surface area contributed by atoms with Crippen LogP contribution in [0.15, 0.2) is 33.5 Å². The highest BCUT2D eigenvalue weighted by Gasteiger charge is 1.95. The number of benzene rings is 1. The fourth-order valence-corrected chi connectivity index (χ4v) is 0.894. The van der Waals surface area contributed by atoms with Crippen molar-refractivity contribution in [3.05, 3.63) is 34.8 Å². The number of oxazole rings is 1. The third-order valence-electron chi connectivity index (χ3n) is 1.33. The molecule has 82 valence electrons. The van der Waals surface area contributed by atoms with Gasteiger partial charge in [0.05, 0.1) is 5.52 Å². The van der Waals surface area contributed by atoms with Gasteiger partial charge in [0.2, 0.25) is 0 Å². The number of aromatic nitrogens is 1. The van der Waals surface area contributed by atoms with E-state index >= 15 is 0 Å². The zero-order chi connectivity index (χ0) is 11.5. The van der Waals surface area contributed by atoms with Crippen molar-refractivity contribution in [3.8, 4) is 0 Å². The first kappa shape index (κ1) is 11.5. The van der Waals surface area contributed by atoms with Crippen molar-refractivity contribution >= 4 is 20.9 Å². The summed E-state index contributed by atoms with van der Waals surface area (Å²) in [5.41, 5.74) is 1.35. The number of para-hydroxylation sites is 2. The summed E-state index contributed by atoms with van der Waals surface area (Å²) in [6.45, 7) is 0. The predicted octanol–water partition coefficient (Wildman–Crippen LogP) is 0.782. The van der Waals surface area contributed by atoms with Gasteiger partial charge in [-0.05, 0) is 12.1 Å². The summed E-state index contributed by atoms with van der Waals surface area (Å²) in [7, 11) is -2.67. The molecule has 15 heavy (non-hydrogen) atoms. The Morgan fingerprint density at radius 1 is 1.20 bits per heavy atom. The van der Waals surface area contributed by atoms with E-state index in [0.717, 1.165) is 18.0 Å². The number of nitrogens with one attached hydrogen (secondary N) is 1. The minimum atomic E-state index is -2.67. The van der Waals surface area contributed by atoms with Gasteiger partial charge in [0.25, 0.3) is 0 Å². The number of hydrogen-bond acceptors (Lipinski definition) is 4. The van der Waals surface area contributed by atoms with Crippen molar-refractivity contribution in [1.29, 1.82) is 0 Å². The van der Waals surface area contributed by atoms with Crippen molar-refractivity contribution in [3.63, 3.8) is 0 Å². The maximum atomic E-state index is 10.6. The van der Waals surface area contributed by atoms with Crippen LogP contribution in [0.5, 0.6) is 0 Å². The molecule has 0 aliphatic carbocycles. The smallest absolute Gasteiger partial charge is 0.408 e. The van der Waals surface area contributed by atoms with Gasteiger partial charge < -0.3 is 4.42 Å². The lowest BCUT2D eigenvalue weighted by atomic mass is 10.3. The lowest BCUT2D eigenvalue weighted by Crippen LogP contribution is -1.92. The quantitative estimate of drug-likeness (QED) is 0.724. The van der Waals surface area contributed by atoms with Crippen LogP contribution in [0.25, 0.3) is 11.1 Å². The van der Waals surface area contributed by atoms with Crippen LogP contribution in [0, 0.1) is 0 Å². The number of H-pyrrole nitrogens is 1. The van der Waals surface area contributed by atoms with Crippen molar-refractivity contribution in [2.24, 2.45) is 0 Å². The number of aromatic amines is 1. The summed E-state index contributed by atoms with van der Waals surface area (Å²) in [5.74, 6) is -0.402. The molecule has 0 fully saturated rings. The lowest BCUT2D eigenvalue weighted by Gasteiger charge is -1.79. The van der Waals surface area contributed by atoms with E-state index in [1.165, 1.54) is 0 Å². The van der Waals surface area contributed by atoms with E-state index in [-0.39, 0.29) is 0 Å². The van der Waals surface area contributed by atoms with Gasteiger partial charge in [0, 0.05) is 12.5 Å². The van der Waals surface area contributed by atoms with Crippen LogP contribution in [0.1, 0.15) is 0 Å². The van der Waals surface area contributed by atoms with Crippen LogP contribution >= 0.6 is 0 Å². The molecule has 2 rings (SSSR count). The van der Waals surface area contributed by atoms with E-state index < -0.39 is 15.6 Å². The highest BCUT2D eigenvalue weighted by atomic mass is 32.2. The molecule has 0 radical (unpaired) electrons. The first-order valence-electron chi connectivity index (χ1n) is 4.09. The summed E-state index contributed by atoms with van der Waals surface area (Å²) in [6, 6.07) is 7.19. The molecule has 0 aliphatic heterocycles. The van der Waals surface area contributed by atoms with Crippen LogP contribution in [0.3, 0.4) is 0 Å². The van der Waals surface area contributed by atoms with E-state index in [9.17, 15) is 13.2 Å². The summed E-state index contributed by atoms with van der Waals surface area (Å²) in [5, 5.41) is 0. The van der Waals surface area contributed by atoms with Gasteiger partial charge in [0.15, 0.2) is 5.58 Å². The average Bonchev–Trinajstić information content (AvgIpc) is 2.40. The maximum absolute atomic E-state index is 10.6. The maximum Gasteiger partial charge on any atom is 0.417 e. The van der Waals surface area contributed by atoms with Gasteiger partial charge in [-0.1, -0.05) is 12.1 Å². The Bertz CT molecular complexity index is 550. The van der Waals surface area contributed by atoms with E-state index in [0.29, 0.717) is 5.58 Å². The minimum absolute atomic E-state index is 0.402. The van der Waals surface area contributed by atoms with Gasteiger partial charge in [0.1, 0.15) is 9.84 Å². The zero-order valence-electron chi connectivity index (χ0n) is 8.35. The average molecular weight is 229 g/mol. The molecule has 6 heteroatoms. The van der Waals surface area contributed by atoms with Crippen molar-refractivity contribution in [2.75, 3.05) is 12.5 Å². The molecule has 0 amide bonds. The van der Waals surface area contributed by atoms with Crippen molar-refractivity contribution in [2.45, 2.75) is 0 Å². The molecule has 1 aromatic heterocycles. The Morgan fingerprint density at radius 3 is 2.27 bits per heavy atom. The highest BCUT2D eigenvalue weighted by Crippen LogP contribution is 2.06. The molecule has 0 spiro atoms. The second-order valence-corrected chi connectivity index (χ2v) is 5.44. The van der Waals surface area contributed by atoms with Gasteiger partial charge in [-0.15, -0.1) is 0 Å². The van der Waals surface area contributed by atoms with E-state index in [1.54, 1.807) is 12.1 Å². The monoisotopic (exact) mass is 229 g/mol. The summed E-state index contributed by atoms with van der Waals surface area (Å²) >= 11 is 0. The molecule has 0 saturated heterocycles. The van der Waals surface area contributed by atoms with Gasteiger partial charge >= 0.3 is 5.76 Å². The molecule has 0 bridgehead atoms. The molecular formula is C9H11NO4S. The number of sulfone groups is 1. The van der Waals surface area contributed by atoms with Gasteiger partial charge in [-0.3, -0.25) is 4.98 Å². The van der Waals surface area contributed by atoms with E-state index in [4.69, 9.17) is 4.42 Å². The first-order chi connectivity index (χ1) is 6.86. The van der Waals surface area contributed by atoms with E-state index in [1.807, 2.05) is 12.1 Å². The molecule has 0 aliphatic rings. The van der Waals surface area contributed by atoms with Gasteiger partial charge in [-0.25, -0.2) is 13.2 Å². The zero-order valence-corrected chi connectivity index (χ0v) is 9.17. The first-order valence-corrected chi connectivity index (χ1v) is 6.39. The van der Waals surface area contributed by atoms with Gasteiger partial charge in [-0.2, -0.15) is 0 Å². The highest BCUT2D eigenvalue weighted by molar-refractivity contribution is 7.89. The standard InChI is InChI=1S/C7H5NO2.C2H6O2S/c9-7-8-5-3-1-2-4-6(5)10-7;1-5(2,3)4/h1-4H,(H,8,9);1-2H3.